The average molecular weight is 345 g/mol. The molecule has 1 N–H and O–H groups in total. The van der Waals surface area contributed by atoms with Gasteiger partial charge in [-0.2, -0.15) is 0 Å². The van der Waals surface area contributed by atoms with Gasteiger partial charge in [0.1, 0.15) is 12.4 Å². The number of likely N-dealkylation sites (N-methyl/N-ethyl adjacent to an activating group) is 1. The molecule has 1 atom stereocenters. The van der Waals surface area contributed by atoms with Crippen LogP contribution in [0.5, 0.6) is 5.75 Å². The lowest BCUT2D eigenvalue weighted by molar-refractivity contribution is 0.183. The number of urea groups is 1. The molecule has 0 bridgehead atoms. The summed E-state index contributed by atoms with van der Waals surface area (Å²) in [4.78, 5) is 17.8. The van der Waals surface area contributed by atoms with Crippen LogP contribution in [0.15, 0.2) is 41.8 Å². The molecule has 0 saturated heterocycles. The van der Waals surface area contributed by atoms with E-state index >= 15 is 0 Å². The smallest absolute Gasteiger partial charge is 0.317 e. The third-order valence-corrected chi connectivity index (χ3v) is 5.15. The van der Waals surface area contributed by atoms with Crippen LogP contribution in [-0.4, -0.2) is 49.6 Å². The number of ether oxygens (including phenoxy) is 1. The number of carbonyl (C=O) groups excluding carboxylic acids is 1. The average Bonchev–Trinajstić information content (AvgIpc) is 3.00. The summed E-state index contributed by atoms with van der Waals surface area (Å²) < 4.78 is 5.72. The van der Waals surface area contributed by atoms with Crippen molar-refractivity contribution in [1.82, 2.24) is 15.1 Å². The second kappa shape index (κ2) is 7.68. The Bertz CT molecular complexity index is 673. The van der Waals surface area contributed by atoms with E-state index in [1.54, 1.807) is 11.3 Å². The van der Waals surface area contributed by atoms with Crippen molar-refractivity contribution >= 4 is 17.4 Å². The molecule has 0 spiro atoms. The Balaban J connectivity index is 1.62. The maximum Gasteiger partial charge on any atom is 0.317 e. The van der Waals surface area contributed by atoms with Crippen LogP contribution in [0.2, 0.25) is 0 Å². The molecule has 2 amide bonds. The number of rotatable bonds is 4. The van der Waals surface area contributed by atoms with Crippen molar-refractivity contribution in [3.63, 3.8) is 0 Å². The van der Waals surface area contributed by atoms with Crippen molar-refractivity contribution in [1.29, 1.82) is 0 Å². The number of hydrogen-bond acceptors (Lipinski definition) is 4. The first kappa shape index (κ1) is 16.8. The molecule has 0 radical (unpaired) electrons. The maximum atomic E-state index is 12.6. The van der Waals surface area contributed by atoms with Gasteiger partial charge in [-0.1, -0.05) is 24.3 Å². The Morgan fingerprint density at radius 3 is 2.92 bits per heavy atom. The zero-order chi connectivity index (χ0) is 16.9. The minimum absolute atomic E-state index is 0.0429. The van der Waals surface area contributed by atoms with Gasteiger partial charge in [0.25, 0.3) is 0 Å². The van der Waals surface area contributed by atoms with Crippen LogP contribution in [0, 0.1) is 0 Å². The summed E-state index contributed by atoms with van der Waals surface area (Å²) >= 11 is 1.71. The maximum absolute atomic E-state index is 12.6. The predicted molar refractivity (Wildman–Crippen MR) is 96.5 cm³/mol. The second-order valence-electron chi connectivity index (χ2n) is 6.06. The fourth-order valence-corrected chi connectivity index (χ4v) is 3.74. The number of benzene rings is 1. The minimum Gasteiger partial charge on any atom is -0.491 e. The van der Waals surface area contributed by atoms with E-state index in [1.165, 1.54) is 4.88 Å². The summed E-state index contributed by atoms with van der Waals surface area (Å²) in [6.07, 6.45) is 0. The van der Waals surface area contributed by atoms with Gasteiger partial charge >= 0.3 is 6.03 Å². The Morgan fingerprint density at radius 2 is 2.17 bits per heavy atom. The van der Waals surface area contributed by atoms with Crippen molar-refractivity contribution < 1.29 is 9.53 Å². The lowest BCUT2D eigenvalue weighted by Gasteiger charge is -2.26. The standard InChI is InChI=1S/C18H23N3O2S/c1-20(2)15(17-8-5-11-24-17)12-19-18(22)21-9-10-23-16-7-4-3-6-14(16)13-21/h3-8,11,15H,9-10,12-13H2,1-2H3,(H,19,22)/t15-/m1/s1. The highest BCUT2D eigenvalue weighted by molar-refractivity contribution is 7.10. The van der Waals surface area contributed by atoms with E-state index in [1.807, 2.05) is 49.3 Å². The van der Waals surface area contributed by atoms with Gasteiger partial charge < -0.3 is 19.9 Å². The predicted octanol–water partition coefficient (Wildman–Crippen LogP) is 2.96. The number of thiophene rings is 1. The van der Waals surface area contributed by atoms with E-state index in [0.29, 0.717) is 26.2 Å². The number of carbonyl (C=O) groups is 1. The van der Waals surface area contributed by atoms with Crippen LogP contribution in [0.1, 0.15) is 16.5 Å². The molecular weight excluding hydrogens is 322 g/mol. The number of para-hydroxylation sites is 1. The van der Waals surface area contributed by atoms with Gasteiger partial charge in [-0.15, -0.1) is 11.3 Å². The van der Waals surface area contributed by atoms with Crippen LogP contribution in [0.3, 0.4) is 0 Å². The third-order valence-electron chi connectivity index (χ3n) is 4.18. The molecule has 1 aliphatic heterocycles. The topological polar surface area (TPSA) is 44.8 Å². The van der Waals surface area contributed by atoms with Crippen LogP contribution < -0.4 is 10.1 Å². The van der Waals surface area contributed by atoms with Crippen LogP contribution >= 0.6 is 11.3 Å². The molecule has 1 aromatic heterocycles. The molecular formula is C18H23N3O2S. The number of amides is 2. The fraction of sp³-hybridized carbons (Fsp3) is 0.389. The lowest BCUT2D eigenvalue weighted by atomic mass is 10.2. The van der Waals surface area contributed by atoms with E-state index in [4.69, 9.17) is 4.74 Å². The van der Waals surface area contributed by atoms with Crippen LogP contribution in [0.4, 0.5) is 4.79 Å². The van der Waals surface area contributed by atoms with Gasteiger partial charge in [0, 0.05) is 17.0 Å². The van der Waals surface area contributed by atoms with Gasteiger partial charge in [0.15, 0.2) is 0 Å². The van der Waals surface area contributed by atoms with Crippen molar-refractivity contribution in [2.45, 2.75) is 12.6 Å². The van der Waals surface area contributed by atoms with Crippen molar-refractivity contribution in [3.05, 3.63) is 52.2 Å². The van der Waals surface area contributed by atoms with E-state index < -0.39 is 0 Å². The zero-order valence-electron chi connectivity index (χ0n) is 14.1. The van der Waals surface area contributed by atoms with Gasteiger partial charge in [0.05, 0.1) is 19.1 Å². The first-order chi connectivity index (χ1) is 11.6. The Kier molecular flexibility index (Phi) is 5.37. The molecule has 0 saturated carbocycles. The monoisotopic (exact) mass is 345 g/mol. The molecule has 2 heterocycles. The number of nitrogens with zero attached hydrogens (tertiary/aromatic N) is 2. The summed E-state index contributed by atoms with van der Waals surface area (Å²) in [5.41, 5.74) is 1.05. The number of hydrogen-bond donors (Lipinski definition) is 1. The molecule has 3 rings (SSSR count). The molecule has 0 aliphatic carbocycles. The lowest BCUT2D eigenvalue weighted by Crippen LogP contribution is -2.43. The summed E-state index contributed by atoms with van der Waals surface area (Å²) in [5.74, 6) is 0.873. The Labute approximate surface area is 146 Å². The van der Waals surface area contributed by atoms with E-state index in [2.05, 4.69) is 21.7 Å². The zero-order valence-corrected chi connectivity index (χ0v) is 14.9. The third kappa shape index (κ3) is 3.88. The molecule has 2 aromatic rings. The van der Waals surface area contributed by atoms with Gasteiger partial charge in [0.2, 0.25) is 0 Å². The molecule has 0 fully saturated rings. The summed E-state index contributed by atoms with van der Waals surface area (Å²) in [7, 11) is 4.07. The fourth-order valence-electron chi connectivity index (χ4n) is 2.81. The van der Waals surface area contributed by atoms with Gasteiger partial charge in [-0.25, -0.2) is 4.79 Å². The second-order valence-corrected chi connectivity index (χ2v) is 7.04. The van der Waals surface area contributed by atoms with Gasteiger partial charge in [-0.05, 0) is 31.6 Å². The molecule has 5 nitrogen and oxygen atoms in total. The molecule has 1 aromatic carbocycles. The summed E-state index contributed by atoms with van der Waals surface area (Å²) in [6.45, 7) is 2.28. The normalized spacial score (nSPS) is 15.4. The van der Waals surface area contributed by atoms with Crippen molar-refractivity contribution in [2.75, 3.05) is 33.8 Å². The van der Waals surface area contributed by atoms with Gasteiger partial charge in [-0.3, -0.25) is 0 Å². The number of nitrogens with one attached hydrogen (secondary N) is 1. The molecule has 0 unspecified atom stereocenters. The molecule has 1 aliphatic rings. The van der Waals surface area contributed by atoms with Crippen molar-refractivity contribution in [3.8, 4) is 5.75 Å². The molecule has 24 heavy (non-hydrogen) atoms. The summed E-state index contributed by atoms with van der Waals surface area (Å²) in [5, 5.41) is 5.14. The first-order valence-corrected chi connectivity index (χ1v) is 8.96. The molecule has 128 valence electrons. The first-order valence-electron chi connectivity index (χ1n) is 8.08. The van der Waals surface area contributed by atoms with E-state index in [-0.39, 0.29) is 12.1 Å². The SMILES string of the molecule is CN(C)[C@H](CNC(=O)N1CCOc2ccccc2C1)c1cccs1. The Hall–Kier alpha value is -2.05. The van der Waals surface area contributed by atoms with Crippen molar-refractivity contribution in [2.24, 2.45) is 0 Å². The quantitative estimate of drug-likeness (QED) is 0.927. The highest BCUT2D eigenvalue weighted by atomic mass is 32.1. The Morgan fingerprint density at radius 1 is 1.33 bits per heavy atom. The van der Waals surface area contributed by atoms with Crippen LogP contribution in [-0.2, 0) is 6.54 Å². The van der Waals surface area contributed by atoms with Crippen LogP contribution in [0.25, 0.3) is 0 Å². The largest absolute Gasteiger partial charge is 0.491 e. The number of fused-ring (bicyclic) bond motifs is 1. The highest BCUT2D eigenvalue weighted by Crippen LogP contribution is 2.24. The minimum atomic E-state index is -0.0429. The summed E-state index contributed by atoms with van der Waals surface area (Å²) in [6, 6.07) is 12.2. The van der Waals surface area contributed by atoms with E-state index in [0.717, 1.165) is 11.3 Å². The van der Waals surface area contributed by atoms with E-state index in [9.17, 15) is 4.79 Å². The molecule has 6 heteroatoms. The highest BCUT2D eigenvalue weighted by Gasteiger charge is 2.21.